The highest BCUT2D eigenvalue weighted by Gasteiger charge is 2.22. The van der Waals surface area contributed by atoms with Crippen LogP contribution in [0, 0.1) is 5.92 Å². The number of benzene rings is 1. The number of rotatable bonds is 7. The van der Waals surface area contributed by atoms with Crippen molar-refractivity contribution in [2.75, 3.05) is 26.2 Å². The Kier molecular flexibility index (Phi) is 6.98. The fourth-order valence-electron chi connectivity index (χ4n) is 4.43. The van der Waals surface area contributed by atoms with Gasteiger partial charge >= 0.3 is 0 Å². The van der Waals surface area contributed by atoms with Crippen LogP contribution < -0.4 is 5.32 Å². The van der Waals surface area contributed by atoms with Gasteiger partial charge in [-0.2, -0.15) is 0 Å². The van der Waals surface area contributed by atoms with Gasteiger partial charge in [0.05, 0.1) is 0 Å². The van der Waals surface area contributed by atoms with E-state index < -0.39 is 0 Å². The fourth-order valence-corrected chi connectivity index (χ4v) is 4.43. The molecule has 1 saturated heterocycles. The number of piperazine rings is 1. The predicted octanol–water partition coefficient (Wildman–Crippen LogP) is 3.96. The van der Waals surface area contributed by atoms with Gasteiger partial charge in [0.1, 0.15) is 5.75 Å². The summed E-state index contributed by atoms with van der Waals surface area (Å²) in [5.41, 5.74) is 1.33. The van der Waals surface area contributed by atoms with E-state index in [9.17, 15) is 5.11 Å². The summed E-state index contributed by atoms with van der Waals surface area (Å²) >= 11 is 0. The lowest BCUT2D eigenvalue weighted by molar-refractivity contribution is 0.155. The topological polar surface area (TPSA) is 35.5 Å². The van der Waals surface area contributed by atoms with E-state index in [0.29, 0.717) is 11.8 Å². The Balaban J connectivity index is 1.41. The third-order valence-electron chi connectivity index (χ3n) is 5.91. The Labute approximate surface area is 147 Å². The molecule has 1 aliphatic carbocycles. The van der Waals surface area contributed by atoms with E-state index in [1.165, 1.54) is 70.0 Å². The molecule has 0 amide bonds. The molecule has 1 aromatic carbocycles. The van der Waals surface area contributed by atoms with Crippen LogP contribution in [0.4, 0.5) is 0 Å². The first kappa shape index (κ1) is 17.8. The molecule has 1 aliphatic heterocycles. The predicted molar refractivity (Wildman–Crippen MR) is 100 cm³/mol. The van der Waals surface area contributed by atoms with Gasteiger partial charge in [-0.1, -0.05) is 57.1 Å². The summed E-state index contributed by atoms with van der Waals surface area (Å²) in [5, 5.41) is 13.0. The van der Waals surface area contributed by atoms with Gasteiger partial charge < -0.3 is 10.4 Å². The second-order valence-corrected chi connectivity index (χ2v) is 7.76. The summed E-state index contributed by atoms with van der Waals surface area (Å²) in [5.74, 6) is 1.38. The lowest BCUT2D eigenvalue weighted by Gasteiger charge is -2.36. The molecule has 134 valence electrons. The maximum Gasteiger partial charge on any atom is 0.115 e. The summed E-state index contributed by atoms with van der Waals surface area (Å²) in [6.45, 7) is 4.63. The van der Waals surface area contributed by atoms with Crippen LogP contribution in [0.5, 0.6) is 5.75 Å². The molecule has 1 atom stereocenters. The van der Waals surface area contributed by atoms with Gasteiger partial charge in [0.25, 0.3) is 0 Å². The van der Waals surface area contributed by atoms with E-state index in [0.717, 1.165) is 25.4 Å². The number of phenolic OH excluding ortho intramolecular Hbond substituents is 1. The number of unbranched alkanes of at least 4 members (excludes halogenated alkanes) is 1. The third-order valence-corrected chi connectivity index (χ3v) is 5.91. The number of hydrogen-bond acceptors (Lipinski definition) is 3. The van der Waals surface area contributed by atoms with Crippen LogP contribution in [-0.2, 0) is 6.42 Å². The van der Waals surface area contributed by atoms with Gasteiger partial charge in [-0.05, 0) is 43.0 Å². The summed E-state index contributed by atoms with van der Waals surface area (Å²) in [6.07, 6.45) is 12.7. The molecule has 3 rings (SSSR count). The van der Waals surface area contributed by atoms with Crippen LogP contribution >= 0.6 is 0 Å². The Bertz CT molecular complexity index is 467. The molecular weight excluding hydrogens is 296 g/mol. The summed E-state index contributed by atoms with van der Waals surface area (Å²) in [7, 11) is 0. The summed E-state index contributed by atoms with van der Waals surface area (Å²) in [4.78, 5) is 2.68. The second-order valence-electron chi connectivity index (χ2n) is 7.76. The maximum absolute atomic E-state index is 9.44. The minimum absolute atomic E-state index is 0.361. The van der Waals surface area contributed by atoms with Crippen LogP contribution in [0.1, 0.15) is 56.9 Å². The van der Waals surface area contributed by atoms with Crippen molar-refractivity contribution in [1.29, 1.82) is 0 Å². The average molecular weight is 331 g/mol. The number of hydrogen-bond donors (Lipinski definition) is 2. The van der Waals surface area contributed by atoms with Gasteiger partial charge in [0.15, 0.2) is 0 Å². The molecular formula is C21H34N2O. The van der Waals surface area contributed by atoms with Gasteiger partial charge in [-0.25, -0.2) is 0 Å². The maximum atomic E-state index is 9.44. The van der Waals surface area contributed by atoms with Gasteiger partial charge in [0, 0.05) is 25.7 Å². The minimum atomic E-state index is 0.361. The summed E-state index contributed by atoms with van der Waals surface area (Å²) < 4.78 is 0. The lowest BCUT2D eigenvalue weighted by atomic mass is 9.86. The number of nitrogens with one attached hydrogen (secondary N) is 1. The van der Waals surface area contributed by atoms with Crippen molar-refractivity contribution in [2.45, 2.75) is 63.8 Å². The van der Waals surface area contributed by atoms with Gasteiger partial charge in [-0.3, -0.25) is 4.90 Å². The van der Waals surface area contributed by atoms with Gasteiger partial charge in [-0.15, -0.1) is 0 Å². The van der Waals surface area contributed by atoms with Crippen molar-refractivity contribution in [3.8, 4) is 5.75 Å². The van der Waals surface area contributed by atoms with Crippen molar-refractivity contribution >= 4 is 0 Å². The van der Waals surface area contributed by atoms with Crippen LogP contribution in [-0.4, -0.2) is 42.2 Å². The fraction of sp³-hybridized carbons (Fsp3) is 0.714. The Morgan fingerprint density at radius 2 is 1.83 bits per heavy atom. The smallest absolute Gasteiger partial charge is 0.115 e. The van der Waals surface area contributed by atoms with E-state index in [2.05, 4.69) is 22.3 Å². The van der Waals surface area contributed by atoms with Crippen molar-refractivity contribution in [3.63, 3.8) is 0 Å². The SMILES string of the molecule is Oc1ccc(C[C@@H]2CNCCN2CCCCC2CCCCC2)cc1. The zero-order valence-electron chi connectivity index (χ0n) is 15.1. The van der Waals surface area contributed by atoms with E-state index in [1.54, 1.807) is 12.1 Å². The minimum Gasteiger partial charge on any atom is -0.508 e. The molecule has 0 aromatic heterocycles. The highest BCUT2D eigenvalue weighted by atomic mass is 16.3. The zero-order valence-corrected chi connectivity index (χ0v) is 15.1. The molecule has 1 saturated carbocycles. The van der Waals surface area contributed by atoms with Crippen molar-refractivity contribution in [2.24, 2.45) is 5.92 Å². The van der Waals surface area contributed by atoms with Crippen LogP contribution in [0.3, 0.4) is 0 Å². The molecule has 2 aliphatic rings. The normalized spacial score (nSPS) is 23.4. The standard InChI is InChI=1S/C21H34N2O/c24-21-11-9-19(10-12-21)16-20-17-22-13-15-23(20)14-5-4-8-18-6-2-1-3-7-18/h9-12,18,20,22,24H,1-8,13-17H2/t20-/m1/s1. The third kappa shape index (κ3) is 5.49. The number of phenols is 1. The largest absolute Gasteiger partial charge is 0.508 e. The zero-order chi connectivity index (χ0) is 16.6. The molecule has 24 heavy (non-hydrogen) atoms. The van der Waals surface area contributed by atoms with E-state index in [-0.39, 0.29) is 0 Å². The molecule has 2 fully saturated rings. The molecule has 2 N–H and O–H groups in total. The summed E-state index contributed by atoms with van der Waals surface area (Å²) in [6, 6.07) is 8.33. The monoisotopic (exact) mass is 330 g/mol. The van der Waals surface area contributed by atoms with E-state index in [4.69, 9.17) is 0 Å². The quantitative estimate of drug-likeness (QED) is 0.743. The second kappa shape index (κ2) is 9.43. The van der Waals surface area contributed by atoms with E-state index >= 15 is 0 Å². The van der Waals surface area contributed by atoms with Crippen molar-refractivity contribution in [3.05, 3.63) is 29.8 Å². The number of aromatic hydroxyl groups is 1. The molecule has 0 spiro atoms. The van der Waals surface area contributed by atoms with Crippen LogP contribution in [0.2, 0.25) is 0 Å². The molecule has 0 bridgehead atoms. The van der Waals surface area contributed by atoms with Crippen LogP contribution in [0.25, 0.3) is 0 Å². The molecule has 3 heteroatoms. The van der Waals surface area contributed by atoms with Crippen LogP contribution in [0.15, 0.2) is 24.3 Å². The molecule has 3 nitrogen and oxygen atoms in total. The highest BCUT2D eigenvalue weighted by molar-refractivity contribution is 5.26. The first-order valence-corrected chi connectivity index (χ1v) is 10.0. The van der Waals surface area contributed by atoms with Gasteiger partial charge in [0.2, 0.25) is 0 Å². The van der Waals surface area contributed by atoms with Crippen molar-refractivity contribution in [1.82, 2.24) is 10.2 Å². The lowest BCUT2D eigenvalue weighted by Crippen LogP contribution is -2.52. The Morgan fingerprint density at radius 3 is 2.62 bits per heavy atom. The molecule has 0 radical (unpaired) electrons. The number of nitrogens with zero attached hydrogens (tertiary/aromatic N) is 1. The van der Waals surface area contributed by atoms with E-state index in [1.807, 2.05) is 0 Å². The first-order chi connectivity index (χ1) is 11.8. The molecule has 0 unspecified atom stereocenters. The molecule has 1 heterocycles. The Hall–Kier alpha value is -1.06. The molecule has 1 aromatic rings. The first-order valence-electron chi connectivity index (χ1n) is 10.0. The highest BCUT2D eigenvalue weighted by Crippen LogP contribution is 2.27. The Morgan fingerprint density at radius 1 is 1.04 bits per heavy atom. The average Bonchev–Trinajstić information content (AvgIpc) is 2.63. The van der Waals surface area contributed by atoms with Crippen molar-refractivity contribution < 1.29 is 5.11 Å².